The SMILES string of the molecule is Cc1ccc(OCCCCNC(=O)NNc2nnc(C)c(OS(C)=O)n2)c(C)c1. The van der Waals surface area contributed by atoms with E-state index in [0.717, 1.165) is 24.2 Å². The smallest absolute Gasteiger partial charge is 0.333 e. The van der Waals surface area contributed by atoms with Crippen molar-refractivity contribution in [2.24, 2.45) is 0 Å². The molecule has 1 unspecified atom stereocenters. The van der Waals surface area contributed by atoms with Gasteiger partial charge in [-0.3, -0.25) is 5.43 Å². The number of unbranched alkanes of at least 4 members (excludes halogenated alkanes) is 1. The van der Waals surface area contributed by atoms with Gasteiger partial charge in [0.05, 0.1) is 6.61 Å². The Kier molecular flexibility index (Phi) is 8.59. The largest absolute Gasteiger partial charge is 0.493 e. The Morgan fingerprint density at radius 3 is 2.69 bits per heavy atom. The second kappa shape index (κ2) is 11.1. The van der Waals surface area contributed by atoms with Gasteiger partial charge in [0.15, 0.2) is 0 Å². The summed E-state index contributed by atoms with van der Waals surface area (Å²) in [7, 11) is 0. The highest BCUT2D eigenvalue weighted by Gasteiger charge is 2.09. The standard InChI is InChI=1S/C18H26N6O4S/c1-12-7-8-15(13(2)11-12)27-10-6-5-9-19-18(25)24-23-17-20-16(28-29(4)26)14(3)21-22-17/h7-8,11H,5-6,9-10H2,1-4H3,(H2,19,24,25)(H,20,22,23). The van der Waals surface area contributed by atoms with Crippen LogP contribution in [0.15, 0.2) is 18.2 Å². The fourth-order valence-electron chi connectivity index (χ4n) is 2.34. The zero-order valence-electron chi connectivity index (χ0n) is 16.9. The van der Waals surface area contributed by atoms with Crippen molar-refractivity contribution in [1.82, 2.24) is 25.9 Å². The number of carbonyl (C=O) groups excluding carboxylic acids is 1. The van der Waals surface area contributed by atoms with Crippen LogP contribution in [-0.2, 0) is 11.1 Å². The van der Waals surface area contributed by atoms with Gasteiger partial charge in [-0.15, -0.1) is 10.2 Å². The molecule has 3 N–H and O–H groups in total. The summed E-state index contributed by atoms with van der Waals surface area (Å²) in [5.41, 5.74) is 7.62. The van der Waals surface area contributed by atoms with E-state index in [-0.39, 0.29) is 11.8 Å². The van der Waals surface area contributed by atoms with E-state index in [1.54, 1.807) is 6.92 Å². The lowest BCUT2D eigenvalue weighted by Gasteiger charge is -2.11. The molecule has 1 heterocycles. The predicted octanol–water partition coefficient (Wildman–Crippen LogP) is 1.95. The summed E-state index contributed by atoms with van der Waals surface area (Å²) < 4.78 is 21.9. The Labute approximate surface area is 172 Å². The van der Waals surface area contributed by atoms with Gasteiger partial charge in [0.25, 0.3) is 11.8 Å². The summed E-state index contributed by atoms with van der Waals surface area (Å²) in [5, 5.41) is 10.3. The molecule has 2 aromatic rings. The zero-order valence-corrected chi connectivity index (χ0v) is 17.8. The minimum atomic E-state index is -1.54. The van der Waals surface area contributed by atoms with Crippen LogP contribution in [0, 0.1) is 20.8 Å². The molecule has 1 atom stereocenters. The quantitative estimate of drug-likeness (QED) is 0.392. The van der Waals surface area contributed by atoms with Gasteiger partial charge in [-0.05, 0) is 45.2 Å². The first kappa shape index (κ1) is 22.3. The van der Waals surface area contributed by atoms with Crippen LogP contribution >= 0.6 is 0 Å². The molecule has 1 aromatic carbocycles. The normalized spacial score (nSPS) is 11.4. The molecular weight excluding hydrogens is 396 g/mol. The van der Waals surface area contributed by atoms with Gasteiger partial charge in [-0.25, -0.2) is 14.4 Å². The molecule has 0 aliphatic heterocycles. The van der Waals surface area contributed by atoms with E-state index in [4.69, 9.17) is 8.92 Å². The number of ether oxygens (including phenoxy) is 1. The molecule has 2 rings (SSSR count). The third kappa shape index (κ3) is 7.90. The molecule has 2 amide bonds. The van der Waals surface area contributed by atoms with Crippen LogP contribution in [0.2, 0.25) is 0 Å². The summed E-state index contributed by atoms with van der Waals surface area (Å²) >= 11 is -1.54. The van der Waals surface area contributed by atoms with Crippen LogP contribution < -0.4 is 25.1 Å². The summed E-state index contributed by atoms with van der Waals surface area (Å²) in [5.74, 6) is 0.981. The number of urea groups is 1. The monoisotopic (exact) mass is 422 g/mol. The summed E-state index contributed by atoms with van der Waals surface area (Å²) in [6, 6.07) is 5.63. The topological polar surface area (TPSA) is 127 Å². The van der Waals surface area contributed by atoms with Gasteiger partial charge in [-0.2, -0.15) is 4.98 Å². The van der Waals surface area contributed by atoms with Gasteiger partial charge in [-0.1, -0.05) is 17.7 Å². The van der Waals surface area contributed by atoms with Crippen molar-refractivity contribution >= 4 is 23.1 Å². The highest BCUT2D eigenvalue weighted by molar-refractivity contribution is 7.79. The third-order valence-corrected chi connectivity index (χ3v) is 4.13. The number of amides is 2. The van der Waals surface area contributed by atoms with Gasteiger partial charge >= 0.3 is 6.03 Å². The molecule has 0 fully saturated rings. The lowest BCUT2D eigenvalue weighted by Crippen LogP contribution is -2.40. The van der Waals surface area contributed by atoms with Crippen LogP contribution in [0.4, 0.5) is 10.7 Å². The number of anilines is 1. The van der Waals surface area contributed by atoms with E-state index < -0.39 is 17.1 Å². The summed E-state index contributed by atoms with van der Waals surface area (Å²) in [6.45, 7) is 6.75. The number of nitrogens with one attached hydrogen (secondary N) is 3. The van der Waals surface area contributed by atoms with Crippen LogP contribution in [0.25, 0.3) is 0 Å². The van der Waals surface area contributed by atoms with Crippen LogP contribution in [0.1, 0.15) is 29.7 Å². The van der Waals surface area contributed by atoms with E-state index >= 15 is 0 Å². The van der Waals surface area contributed by atoms with E-state index in [1.165, 1.54) is 11.8 Å². The molecule has 0 saturated heterocycles. The number of aryl methyl sites for hydroxylation is 3. The van der Waals surface area contributed by atoms with Crippen molar-refractivity contribution in [1.29, 1.82) is 0 Å². The molecule has 0 radical (unpaired) electrons. The molecule has 0 aliphatic carbocycles. The highest BCUT2D eigenvalue weighted by Crippen LogP contribution is 2.18. The Balaban J connectivity index is 1.63. The Hall–Kier alpha value is -2.95. The van der Waals surface area contributed by atoms with Gasteiger partial charge in [0, 0.05) is 12.8 Å². The molecule has 11 heteroatoms. The average Bonchev–Trinajstić information content (AvgIpc) is 2.66. The van der Waals surface area contributed by atoms with Crippen LogP contribution in [0.3, 0.4) is 0 Å². The minimum absolute atomic E-state index is 0.0214. The van der Waals surface area contributed by atoms with Crippen molar-refractivity contribution in [2.45, 2.75) is 33.6 Å². The second-order valence-corrected chi connectivity index (χ2v) is 7.31. The molecule has 0 saturated carbocycles. The fourth-order valence-corrected chi connectivity index (χ4v) is 2.72. The molecular formula is C18H26N6O4S. The zero-order chi connectivity index (χ0) is 21.2. The van der Waals surface area contributed by atoms with Gasteiger partial charge < -0.3 is 14.2 Å². The number of hydrogen-bond donors (Lipinski definition) is 3. The van der Waals surface area contributed by atoms with Gasteiger partial charge in [0.1, 0.15) is 11.4 Å². The number of carbonyl (C=O) groups is 1. The molecule has 29 heavy (non-hydrogen) atoms. The maximum atomic E-state index is 11.8. The van der Waals surface area contributed by atoms with E-state index in [9.17, 15) is 9.00 Å². The maximum absolute atomic E-state index is 11.8. The van der Waals surface area contributed by atoms with Crippen LogP contribution in [-0.4, -0.2) is 44.8 Å². The van der Waals surface area contributed by atoms with Gasteiger partial charge in [0.2, 0.25) is 11.1 Å². The summed E-state index contributed by atoms with van der Waals surface area (Å²) in [6.07, 6.45) is 2.94. The highest BCUT2D eigenvalue weighted by atomic mass is 32.2. The first-order valence-corrected chi connectivity index (χ1v) is 10.6. The molecule has 1 aromatic heterocycles. The Morgan fingerprint density at radius 1 is 1.17 bits per heavy atom. The minimum Gasteiger partial charge on any atom is -0.493 e. The number of rotatable bonds is 10. The summed E-state index contributed by atoms with van der Waals surface area (Å²) in [4.78, 5) is 15.8. The molecule has 0 spiro atoms. The van der Waals surface area contributed by atoms with Crippen molar-refractivity contribution in [3.8, 4) is 11.6 Å². The van der Waals surface area contributed by atoms with Crippen LogP contribution in [0.5, 0.6) is 11.6 Å². The first-order valence-electron chi connectivity index (χ1n) is 9.08. The van der Waals surface area contributed by atoms with E-state index in [2.05, 4.69) is 37.4 Å². The van der Waals surface area contributed by atoms with Crippen molar-refractivity contribution in [2.75, 3.05) is 24.8 Å². The lowest BCUT2D eigenvalue weighted by molar-refractivity contribution is 0.241. The molecule has 10 nitrogen and oxygen atoms in total. The molecule has 158 valence electrons. The molecule has 0 bridgehead atoms. The fraction of sp³-hybridized carbons (Fsp3) is 0.444. The lowest BCUT2D eigenvalue weighted by atomic mass is 10.1. The Bertz CT molecular complexity index is 864. The number of nitrogens with zero attached hydrogens (tertiary/aromatic N) is 3. The molecule has 0 aliphatic rings. The average molecular weight is 423 g/mol. The number of hydrogen-bond acceptors (Lipinski definition) is 8. The number of aromatic nitrogens is 3. The Morgan fingerprint density at radius 2 is 1.97 bits per heavy atom. The van der Waals surface area contributed by atoms with Crippen molar-refractivity contribution in [3.05, 3.63) is 35.0 Å². The van der Waals surface area contributed by atoms with Crippen molar-refractivity contribution in [3.63, 3.8) is 0 Å². The van der Waals surface area contributed by atoms with E-state index in [1.807, 2.05) is 26.0 Å². The van der Waals surface area contributed by atoms with Crippen molar-refractivity contribution < 1.29 is 17.9 Å². The first-order chi connectivity index (χ1) is 13.8. The number of hydrazine groups is 1. The second-order valence-electron chi connectivity index (χ2n) is 6.34. The predicted molar refractivity (Wildman–Crippen MR) is 110 cm³/mol. The third-order valence-electron chi connectivity index (χ3n) is 3.74. The van der Waals surface area contributed by atoms with E-state index in [0.29, 0.717) is 18.8 Å². The number of benzene rings is 1. The maximum Gasteiger partial charge on any atom is 0.333 e.